The number of guanidine groups is 1. The molecule has 0 aromatic carbocycles. The molecule has 0 radical (unpaired) electrons. The third kappa shape index (κ3) is 2.81. The number of nitrogens with zero attached hydrogens (tertiary/aromatic N) is 2. The molecule has 0 saturated heterocycles. The van der Waals surface area contributed by atoms with E-state index in [1.807, 2.05) is 0 Å². The molecular formula is C8H12N4O2. The average Bonchev–Trinajstić information content (AvgIpc) is 2.50. The Bertz CT molecular complexity index is 341. The fraction of sp³-hybridized carbons (Fsp3) is 0.250. The van der Waals surface area contributed by atoms with E-state index >= 15 is 0 Å². The van der Waals surface area contributed by atoms with Crippen molar-refractivity contribution in [3.05, 3.63) is 23.7 Å². The van der Waals surface area contributed by atoms with Crippen LogP contribution in [0.1, 0.15) is 16.3 Å². The third-order valence-corrected chi connectivity index (χ3v) is 1.47. The molecule has 0 fully saturated rings. The maximum Gasteiger partial charge on any atom is 0.208 e. The quantitative estimate of drug-likeness (QED) is 0.298. The Morgan fingerprint density at radius 2 is 2.36 bits per heavy atom. The Kier molecular flexibility index (Phi) is 3.11. The first-order chi connectivity index (χ1) is 6.61. The van der Waals surface area contributed by atoms with E-state index < -0.39 is 0 Å². The zero-order valence-electron chi connectivity index (χ0n) is 7.80. The summed E-state index contributed by atoms with van der Waals surface area (Å²) in [6.07, 6.45) is 0.643. The van der Waals surface area contributed by atoms with Gasteiger partial charge in [-0.15, -0.1) is 5.10 Å². The highest BCUT2D eigenvalue weighted by molar-refractivity contribution is 5.75. The molecule has 0 saturated carbocycles. The first kappa shape index (κ1) is 10.1. The fourth-order valence-corrected chi connectivity index (χ4v) is 1.00. The predicted molar refractivity (Wildman–Crippen MR) is 51.4 cm³/mol. The zero-order chi connectivity index (χ0) is 10.6. The summed E-state index contributed by atoms with van der Waals surface area (Å²) in [7, 11) is 1.70. The number of hydrogen-bond donors (Lipinski definition) is 2. The van der Waals surface area contributed by atoms with E-state index in [1.165, 1.54) is 5.01 Å². The Labute approximate surface area is 81.2 Å². The standard InChI is InChI=1S/C8H12N4O2/c1-12(11-8(9)10)4-6-2-3-7(5-13)14-6/h2-3,5H,4H2,1H3,(H4,9,10,11). The average molecular weight is 196 g/mol. The number of rotatable bonds is 4. The Morgan fingerprint density at radius 3 is 2.86 bits per heavy atom. The molecule has 14 heavy (non-hydrogen) atoms. The van der Waals surface area contributed by atoms with Gasteiger partial charge in [-0.3, -0.25) is 9.80 Å². The summed E-state index contributed by atoms with van der Waals surface area (Å²) in [6, 6.07) is 3.29. The molecule has 0 atom stereocenters. The predicted octanol–water partition coefficient (Wildman–Crippen LogP) is -0.288. The highest BCUT2D eigenvalue weighted by Crippen LogP contribution is 2.07. The first-order valence-electron chi connectivity index (χ1n) is 3.96. The summed E-state index contributed by atoms with van der Waals surface area (Å²) in [5.74, 6) is 0.896. The van der Waals surface area contributed by atoms with Crippen LogP contribution in [0.15, 0.2) is 21.7 Å². The minimum absolute atomic E-state index is 0.0188. The molecule has 0 amide bonds. The Hall–Kier alpha value is -1.98. The molecule has 1 aromatic heterocycles. The van der Waals surface area contributed by atoms with Crippen LogP contribution in [0.5, 0.6) is 0 Å². The lowest BCUT2D eigenvalue weighted by Crippen LogP contribution is -2.27. The SMILES string of the molecule is CN(Cc1ccc(C=O)o1)N=C(N)N. The van der Waals surface area contributed by atoms with Crippen molar-refractivity contribution in [2.45, 2.75) is 6.54 Å². The van der Waals surface area contributed by atoms with Crippen LogP contribution < -0.4 is 11.5 Å². The van der Waals surface area contributed by atoms with Gasteiger partial charge in [0.15, 0.2) is 12.0 Å². The van der Waals surface area contributed by atoms with Gasteiger partial charge >= 0.3 is 0 Å². The van der Waals surface area contributed by atoms with Gasteiger partial charge in [0, 0.05) is 7.05 Å². The summed E-state index contributed by atoms with van der Waals surface area (Å²) >= 11 is 0. The molecule has 0 unspecified atom stereocenters. The molecule has 0 bridgehead atoms. The molecule has 0 aliphatic carbocycles. The van der Waals surface area contributed by atoms with E-state index in [1.54, 1.807) is 19.2 Å². The Morgan fingerprint density at radius 1 is 1.64 bits per heavy atom. The highest BCUT2D eigenvalue weighted by Gasteiger charge is 2.03. The summed E-state index contributed by atoms with van der Waals surface area (Å²) in [5.41, 5.74) is 10.4. The van der Waals surface area contributed by atoms with E-state index in [4.69, 9.17) is 15.9 Å². The van der Waals surface area contributed by atoms with Crippen LogP contribution in [0.3, 0.4) is 0 Å². The number of furan rings is 1. The van der Waals surface area contributed by atoms with Crippen LogP contribution in [0.4, 0.5) is 0 Å². The molecule has 1 heterocycles. The van der Waals surface area contributed by atoms with Crippen molar-refractivity contribution in [3.8, 4) is 0 Å². The fourth-order valence-electron chi connectivity index (χ4n) is 1.00. The summed E-state index contributed by atoms with van der Waals surface area (Å²) in [4.78, 5) is 10.3. The molecule has 1 aromatic rings. The van der Waals surface area contributed by atoms with Crippen LogP contribution in [-0.4, -0.2) is 24.3 Å². The van der Waals surface area contributed by atoms with Gasteiger partial charge in [0.2, 0.25) is 5.96 Å². The molecule has 0 aliphatic rings. The van der Waals surface area contributed by atoms with Crippen LogP contribution in [0.2, 0.25) is 0 Å². The van der Waals surface area contributed by atoms with Gasteiger partial charge in [0.25, 0.3) is 0 Å². The van der Waals surface area contributed by atoms with Crippen molar-refractivity contribution in [3.63, 3.8) is 0 Å². The molecule has 0 aliphatic heterocycles. The second kappa shape index (κ2) is 4.31. The second-order valence-corrected chi connectivity index (χ2v) is 2.76. The molecular weight excluding hydrogens is 184 g/mol. The molecule has 76 valence electrons. The number of hydrazone groups is 1. The van der Waals surface area contributed by atoms with Crippen LogP contribution in [-0.2, 0) is 6.54 Å². The number of aldehydes is 1. The van der Waals surface area contributed by atoms with Gasteiger partial charge in [-0.25, -0.2) is 0 Å². The number of carbonyl (C=O) groups is 1. The van der Waals surface area contributed by atoms with E-state index in [-0.39, 0.29) is 11.7 Å². The smallest absolute Gasteiger partial charge is 0.208 e. The zero-order valence-corrected chi connectivity index (χ0v) is 7.80. The molecule has 6 heteroatoms. The highest BCUT2D eigenvalue weighted by atomic mass is 16.3. The summed E-state index contributed by atoms with van der Waals surface area (Å²) in [5, 5.41) is 5.28. The monoisotopic (exact) mass is 196 g/mol. The van der Waals surface area contributed by atoms with Crippen LogP contribution in [0, 0.1) is 0 Å². The lowest BCUT2D eigenvalue weighted by Gasteiger charge is -2.10. The van der Waals surface area contributed by atoms with Gasteiger partial charge in [-0.1, -0.05) is 0 Å². The van der Waals surface area contributed by atoms with Crippen molar-refractivity contribution in [1.82, 2.24) is 5.01 Å². The van der Waals surface area contributed by atoms with Crippen molar-refractivity contribution in [2.75, 3.05) is 7.05 Å². The number of carbonyl (C=O) groups excluding carboxylic acids is 1. The minimum atomic E-state index is -0.0188. The molecule has 0 spiro atoms. The topological polar surface area (TPSA) is 97.8 Å². The lowest BCUT2D eigenvalue weighted by atomic mass is 10.4. The maximum atomic E-state index is 10.3. The van der Waals surface area contributed by atoms with E-state index in [0.29, 0.717) is 18.6 Å². The van der Waals surface area contributed by atoms with Gasteiger partial charge in [0.05, 0.1) is 6.54 Å². The van der Waals surface area contributed by atoms with Gasteiger partial charge in [-0.05, 0) is 12.1 Å². The third-order valence-electron chi connectivity index (χ3n) is 1.47. The number of hydrogen-bond acceptors (Lipinski definition) is 4. The molecule has 4 N–H and O–H groups in total. The summed E-state index contributed by atoms with van der Waals surface area (Å²) in [6.45, 7) is 0.408. The largest absolute Gasteiger partial charge is 0.456 e. The van der Waals surface area contributed by atoms with Crippen molar-refractivity contribution < 1.29 is 9.21 Å². The van der Waals surface area contributed by atoms with Crippen molar-refractivity contribution in [2.24, 2.45) is 16.6 Å². The molecule has 1 rings (SSSR count). The van der Waals surface area contributed by atoms with E-state index in [2.05, 4.69) is 5.10 Å². The lowest BCUT2D eigenvalue weighted by molar-refractivity contribution is 0.109. The second-order valence-electron chi connectivity index (χ2n) is 2.76. The normalized spacial score (nSPS) is 9.50. The van der Waals surface area contributed by atoms with Crippen molar-refractivity contribution in [1.29, 1.82) is 0 Å². The number of nitrogens with two attached hydrogens (primary N) is 2. The maximum absolute atomic E-state index is 10.3. The van der Waals surface area contributed by atoms with Gasteiger partial charge in [-0.2, -0.15) is 0 Å². The van der Waals surface area contributed by atoms with Crippen molar-refractivity contribution >= 4 is 12.2 Å². The van der Waals surface area contributed by atoms with Gasteiger partial charge in [0.1, 0.15) is 5.76 Å². The van der Waals surface area contributed by atoms with Gasteiger partial charge < -0.3 is 15.9 Å². The minimum Gasteiger partial charge on any atom is -0.456 e. The summed E-state index contributed by atoms with van der Waals surface area (Å²) < 4.78 is 5.12. The molecule has 6 nitrogen and oxygen atoms in total. The van der Waals surface area contributed by atoms with E-state index in [0.717, 1.165) is 0 Å². The van der Waals surface area contributed by atoms with Crippen LogP contribution in [0.25, 0.3) is 0 Å². The first-order valence-corrected chi connectivity index (χ1v) is 3.96. The van der Waals surface area contributed by atoms with E-state index in [9.17, 15) is 4.79 Å². The van der Waals surface area contributed by atoms with Crippen LogP contribution >= 0.6 is 0 Å². The Balaban J connectivity index is 2.60.